The Morgan fingerprint density at radius 2 is 1.61 bits per heavy atom. The summed E-state index contributed by atoms with van der Waals surface area (Å²) in [6, 6.07) is 20.4. The molecule has 0 N–H and O–H groups in total. The molecular weight excluding hydrogens is 286 g/mol. The van der Waals surface area contributed by atoms with E-state index >= 15 is 0 Å². The first-order valence-electron chi connectivity index (χ1n) is 8.35. The van der Waals surface area contributed by atoms with E-state index in [1.807, 2.05) is 53.4 Å². The van der Waals surface area contributed by atoms with Crippen molar-refractivity contribution in [2.24, 2.45) is 0 Å². The van der Waals surface area contributed by atoms with E-state index < -0.39 is 0 Å². The maximum Gasteiger partial charge on any atom is 0.410 e. The standard InChI is InChI=1S/C20H23NO2/c1-2-3-14-21-15-18(16-10-6-4-7-11-16)19(23-20(21)22)17-12-8-5-9-13-17/h4-13,18-19H,2-3,14-15H2,1H3/t18-,19-/m1/s1. The number of amides is 1. The molecule has 0 saturated carbocycles. The lowest BCUT2D eigenvalue weighted by Gasteiger charge is -2.38. The van der Waals surface area contributed by atoms with Crippen molar-refractivity contribution in [3.63, 3.8) is 0 Å². The Labute approximate surface area is 137 Å². The van der Waals surface area contributed by atoms with E-state index in [4.69, 9.17) is 4.74 Å². The normalized spacial score (nSPS) is 21.1. The minimum Gasteiger partial charge on any atom is -0.440 e. The lowest BCUT2D eigenvalue weighted by Crippen LogP contribution is -2.43. The Morgan fingerprint density at radius 1 is 1.00 bits per heavy atom. The maximum absolute atomic E-state index is 12.4. The highest BCUT2D eigenvalue weighted by Crippen LogP contribution is 2.38. The van der Waals surface area contributed by atoms with E-state index in [-0.39, 0.29) is 18.1 Å². The fraction of sp³-hybridized carbons (Fsp3) is 0.350. The third kappa shape index (κ3) is 3.55. The molecule has 23 heavy (non-hydrogen) atoms. The molecule has 2 aromatic rings. The number of hydrogen-bond donors (Lipinski definition) is 0. The summed E-state index contributed by atoms with van der Waals surface area (Å²) in [7, 11) is 0. The molecule has 0 aliphatic carbocycles. The minimum atomic E-state index is -0.219. The van der Waals surface area contributed by atoms with Gasteiger partial charge in [-0.15, -0.1) is 0 Å². The highest BCUT2D eigenvalue weighted by molar-refractivity contribution is 5.69. The lowest BCUT2D eigenvalue weighted by atomic mass is 9.87. The lowest BCUT2D eigenvalue weighted by molar-refractivity contribution is 0.00932. The third-order valence-corrected chi connectivity index (χ3v) is 4.41. The van der Waals surface area contributed by atoms with Gasteiger partial charge in [-0.3, -0.25) is 0 Å². The van der Waals surface area contributed by atoms with E-state index in [2.05, 4.69) is 19.1 Å². The van der Waals surface area contributed by atoms with Crippen LogP contribution in [-0.4, -0.2) is 24.1 Å². The molecule has 0 spiro atoms. The predicted molar refractivity (Wildman–Crippen MR) is 91.3 cm³/mol. The fourth-order valence-electron chi connectivity index (χ4n) is 3.13. The number of ether oxygens (including phenoxy) is 1. The molecule has 1 fully saturated rings. The fourth-order valence-corrected chi connectivity index (χ4v) is 3.13. The predicted octanol–water partition coefficient (Wildman–Crippen LogP) is 4.76. The first kappa shape index (κ1) is 15.6. The molecule has 2 aromatic carbocycles. The number of nitrogens with zero attached hydrogens (tertiary/aromatic N) is 1. The number of cyclic esters (lactones) is 1. The van der Waals surface area contributed by atoms with Crippen molar-refractivity contribution in [1.29, 1.82) is 0 Å². The molecule has 1 aliphatic rings. The molecule has 0 bridgehead atoms. The molecule has 0 unspecified atom stereocenters. The van der Waals surface area contributed by atoms with E-state index in [9.17, 15) is 4.79 Å². The summed E-state index contributed by atoms with van der Waals surface area (Å²) in [4.78, 5) is 14.2. The molecule has 2 atom stereocenters. The number of rotatable bonds is 5. The summed E-state index contributed by atoms with van der Waals surface area (Å²) in [6.45, 7) is 3.61. The van der Waals surface area contributed by atoms with Crippen LogP contribution in [0.5, 0.6) is 0 Å². The van der Waals surface area contributed by atoms with Crippen molar-refractivity contribution in [2.75, 3.05) is 13.1 Å². The van der Waals surface area contributed by atoms with Gasteiger partial charge in [0.2, 0.25) is 0 Å². The van der Waals surface area contributed by atoms with Gasteiger partial charge < -0.3 is 9.64 Å². The summed E-state index contributed by atoms with van der Waals surface area (Å²) < 4.78 is 5.84. The Kier molecular flexibility index (Phi) is 4.96. The van der Waals surface area contributed by atoms with Gasteiger partial charge >= 0.3 is 6.09 Å². The Balaban J connectivity index is 1.89. The second kappa shape index (κ2) is 7.32. The molecule has 1 aliphatic heterocycles. The van der Waals surface area contributed by atoms with Crippen LogP contribution in [0.2, 0.25) is 0 Å². The average molecular weight is 309 g/mol. The van der Waals surface area contributed by atoms with Gasteiger partial charge in [0.1, 0.15) is 6.10 Å². The first-order valence-corrected chi connectivity index (χ1v) is 8.35. The Bertz CT molecular complexity index is 627. The molecule has 120 valence electrons. The molecule has 3 nitrogen and oxygen atoms in total. The van der Waals surface area contributed by atoms with Crippen molar-refractivity contribution in [1.82, 2.24) is 4.90 Å². The second-order valence-electron chi connectivity index (χ2n) is 6.03. The monoisotopic (exact) mass is 309 g/mol. The second-order valence-corrected chi connectivity index (χ2v) is 6.03. The van der Waals surface area contributed by atoms with Crippen molar-refractivity contribution < 1.29 is 9.53 Å². The summed E-state index contributed by atoms with van der Waals surface area (Å²) in [5, 5.41) is 0. The van der Waals surface area contributed by atoms with Gasteiger partial charge in [0.15, 0.2) is 0 Å². The SMILES string of the molecule is CCCCN1C[C@H](c2ccccc2)[C@@H](c2ccccc2)OC1=O. The van der Waals surface area contributed by atoms with Crippen LogP contribution in [0.3, 0.4) is 0 Å². The number of carbonyl (C=O) groups excluding carboxylic acids is 1. The zero-order valence-electron chi connectivity index (χ0n) is 13.5. The van der Waals surface area contributed by atoms with Gasteiger partial charge in [-0.2, -0.15) is 0 Å². The summed E-state index contributed by atoms with van der Waals surface area (Å²) in [5.41, 5.74) is 2.28. The van der Waals surface area contributed by atoms with Crippen LogP contribution in [-0.2, 0) is 4.74 Å². The van der Waals surface area contributed by atoms with Crippen LogP contribution < -0.4 is 0 Å². The largest absolute Gasteiger partial charge is 0.440 e. The minimum absolute atomic E-state index is 0.160. The number of benzene rings is 2. The molecule has 0 radical (unpaired) electrons. The topological polar surface area (TPSA) is 29.5 Å². The molecule has 3 rings (SSSR count). The van der Waals surface area contributed by atoms with Crippen molar-refractivity contribution in [3.8, 4) is 0 Å². The zero-order valence-corrected chi connectivity index (χ0v) is 13.5. The van der Waals surface area contributed by atoms with Gasteiger partial charge in [0.25, 0.3) is 0 Å². The highest BCUT2D eigenvalue weighted by atomic mass is 16.6. The quantitative estimate of drug-likeness (QED) is 0.796. The van der Waals surface area contributed by atoms with Crippen molar-refractivity contribution in [2.45, 2.75) is 31.8 Å². The van der Waals surface area contributed by atoms with Crippen molar-refractivity contribution in [3.05, 3.63) is 71.8 Å². The van der Waals surface area contributed by atoms with Crippen LogP contribution in [0.25, 0.3) is 0 Å². The van der Waals surface area contributed by atoms with Gasteiger partial charge in [0.05, 0.1) is 0 Å². The molecule has 1 saturated heterocycles. The van der Waals surface area contributed by atoms with Crippen LogP contribution >= 0.6 is 0 Å². The van der Waals surface area contributed by atoms with Crippen LogP contribution in [0.4, 0.5) is 4.79 Å². The Morgan fingerprint density at radius 3 is 2.22 bits per heavy atom. The number of carbonyl (C=O) groups is 1. The third-order valence-electron chi connectivity index (χ3n) is 4.41. The Hall–Kier alpha value is -2.29. The molecule has 1 amide bonds. The summed E-state index contributed by atoms with van der Waals surface area (Å²) >= 11 is 0. The number of unbranched alkanes of at least 4 members (excludes halogenated alkanes) is 1. The molecule has 3 heteroatoms. The van der Waals surface area contributed by atoms with Crippen LogP contribution in [0.15, 0.2) is 60.7 Å². The van der Waals surface area contributed by atoms with Gasteiger partial charge in [-0.05, 0) is 17.5 Å². The van der Waals surface area contributed by atoms with Crippen LogP contribution in [0, 0.1) is 0 Å². The maximum atomic E-state index is 12.4. The van der Waals surface area contributed by atoms with Gasteiger partial charge in [-0.1, -0.05) is 74.0 Å². The summed E-state index contributed by atoms with van der Waals surface area (Å²) in [6.07, 6.45) is 1.66. The van der Waals surface area contributed by atoms with Gasteiger partial charge in [0, 0.05) is 19.0 Å². The highest BCUT2D eigenvalue weighted by Gasteiger charge is 2.37. The van der Waals surface area contributed by atoms with Crippen LogP contribution in [0.1, 0.15) is 42.9 Å². The zero-order chi connectivity index (χ0) is 16.1. The molecule has 0 aromatic heterocycles. The number of hydrogen-bond acceptors (Lipinski definition) is 2. The van der Waals surface area contributed by atoms with E-state index in [0.717, 1.165) is 24.9 Å². The van der Waals surface area contributed by atoms with E-state index in [1.165, 1.54) is 5.56 Å². The summed E-state index contributed by atoms with van der Waals surface area (Å²) in [5.74, 6) is 0.160. The average Bonchev–Trinajstić information content (AvgIpc) is 2.62. The van der Waals surface area contributed by atoms with Crippen molar-refractivity contribution >= 4 is 6.09 Å². The first-order chi connectivity index (χ1) is 11.3. The van der Waals surface area contributed by atoms with Gasteiger partial charge in [-0.25, -0.2) is 4.79 Å². The molecule has 1 heterocycles. The van der Waals surface area contributed by atoms with E-state index in [1.54, 1.807) is 0 Å². The molecular formula is C20H23NO2. The van der Waals surface area contributed by atoms with E-state index in [0.29, 0.717) is 6.54 Å². The smallest absolute Gasteiger partial charge is 0.410 e.